The molecule has 2 heterocycles. The summed E-state index contributed by atoms with van der Waals surface area (Å²) in [6, 6.07) is 14.1. The van der Waals surface area contributed by atoms with Gasteiger partial charge in [-0.15, -0.1) is 10.2 Å². The Morgan fingerprint density at radius 2 is 1.71 bits per heavy atom. The standard InChI is InChI=1S/C22H23N5O4/c1-16-2-4-17(5-3-16)14-21(28)26-12-10-25(11-13-26)15-20-23-24-22(31-20)18-6-8-19(9-7-18)27(29)30/h2-9H,10-15H2,1H3. The van der Waals surface area contributed by atoms with Gasteiger partial charge in [0.2, 0.25) is 17.7 Å². The van der Waals surface area contributed by atoms with Crippen molar-refractivity contribution in [2.24, 2.45) is 0 Å². The van der Waals surface area contributed by atoms with Crippen molar-refractivity contribution < 1.29 is 14.1 Å². The number of carbonyl (C=O) groups is 1. The lowest BCUT2D eigenvalue weighted by Gasteiger charge is -2.34. The fourth-order valence-corrected chi connectivity index (χ4v) is 3.50. The van der Waals surface area contributed by atoms with Crippen LogP contribution in [0.5, 0.6) is 0 Å². The predicted molar refractivity (Wildman–Crippen MR) is 113 cm³/mol. The molecule has 0 saturated carbocycles. The van der Waals surface area contributed by atoms with Crippen molar-refractivity contribution in [2.45, 2.75) is 19.9 Å². The number of aromatic nitrogens is 2. The number of carbonyl (C=O) groups excluding carboxylic acids is 1. The average Bonchev–Trinajstić information content (AvgIpc) is 3.24. The van der Waals surface area contributed by atoms with Gasteiger partial charge in [-0.05, 0) is 24.6 Å². The zero-order valence-corrected chi connectivity index (χ0v) is 17.2. The first-order chi connectivity index (χ1) is 15.0. The van der Waals surface area contributed by atoms with Gasteiger partial charge in [0.05, 0.1) is 17.9 Å². The summed E-state index contributed by atoms with van der Waals surface area (Å²) in [5.74, 6) is 0.950. The quantitative estimate of drug-likeness (QED) is 0.445. The molecule has 2 aromatic carbocycles. The number of nitro groups is 1. The summed E-state index contributed by atoms with van der Waals surface area (Å²) in [7, 11) is 0. The van der Waals surface area contributed by atoms with Crippen molar-refractivity contribution in [1.29, 1.82) is 0 Å². The number of nitrogens with zero attached hydrogens (tertiary/aromatic N) is 5. The molecule has 0 unspecified atom stereocenters. The van der Waals surface area contributed by atoms with E-state index in [9.17, 15) is 14.9 Å². The maximum absolute atomic E-state index is 12.6. The van der Waals surface area contributed by atoms with Crippen molar-refractivity contribution in [3.05, 3.63) is 75.7 Å². The van der Waals surface area contributed by atoms with Gasteiger partial charge in [-0.25, -0.2) is 0 Å². The van der Waals surface area contributed by atoms with Crippen LogP contribution in [-0.2, 0) is 17.8 Å². The number of amides is 1. The summed E-state index contributed by atoms with van der Waals surface area (Å²) in [5.41, 5.74) is 2.86. The van der Waals surface area contributed by atoms with Crippen LogP contribution in [0.3, 0.4) is 0 Å². The van der Waals surface area contributed by atoms with Gasteiger partial charge in [-0.3, -0.25) is 19.8 Å². The number of hydrogen-bond acceptors (Lipinski definition) is 7. The van der Waals surface area contributed by atoms with E-state index in [1.165, 1.54) is 17.7 Å². The van der Waals surface area contributed by atoms with Crippen molar-refractivity contribution in [2.75, 3.05) is 26.2 Å². The molecule has 0 radical (unpaired) electrons. The van der Waals surface area contributed by atoms with E-state index < -0.39 is 4.92 Å². The lowest BCUT2D eigenvalue weighted by molar-refractivity contribution is -0.384. The van der Waals surface area contributed by atoms with Crippen LogP contribution in [0, 0.1) is 17.0 Å². The Bertz CT molecular complexity index is 1050. The first-order valence-corrected chi connectivity index (χ1v) is 10.1. The van der Waals surface area contributed by atoms with E-state index in [-0.39, 0.29) is 11.6 Å². The van der Waals surface area contributed by atoms with Crippen LogP contribution in [0.25, 0.3) is 11.5 Å². The van der Waals surface area contributed by atoms with Crippen LogP contribution in [0.1, 0.15) is 17.0 Å². The Labute approximate surface area is 179 Å². The SMILES string of the molecule is Cc1ccc(CC(=O)N2CCN(Cc3nnc(-c4ccc([N+](=O)[O-])cc4)o3)CC2)cc1. The summed E-state index contributed by atoms with van der Waals surface area (Å²) in [6.07, 6.45) is 0.419. The topological polar surface area (TPSA) is 106 Å². The zero-order chi connectivity index (χ0) is 21.8. The molecule has 0 spiro atoms. The highest BCUT2D eigenvalue weighted by atomic mass is 16.6. The normalized spacial score (nSPS) is 14.5. The van der Waals surface area contributed by atoms with Crippen LogP contribution in [0.15, 0.2) is 52.9 Å². The molecule has 9 heteroatoms. The molecule has 9 nitrogen and oxygen atoms in total. The molecule has 1 saturated heterocycles. The van der Waals surface area contributed by atoms with Gasteiger partial charge in [-0.1, -0.05) is 29.8 Å². The van der Waals surface area contributed by atoms with Crippen molar-refractivity contribution in [1.82, 2.24) is 20.0 Å². The fourth-order valence-electron chi connectivity index (χ4n) is 3.50. The number of benzene rings is 2. The molecule has 31 heavy (non-hydrogen) atoms. The van der Waals surface area contributed by atoms with Crippen LogP contribution >= 0.6 is 0 Å². The molecule has 3 aromatic rings. The van der Waals surface area contributed by atoms with Crippen molar-refractivity contribution in [3.63, 3.8) is 0 Å². The largest absolute Gasteiger partial charge is 0.419 e. The lowest BCUT2D eigenvalue weighted by atomic mass is 10.1. The molecule has 0 aliphatic carbocycles. The van der Waals surface area contributed by atoms with Gasteiger partial charge in [0.15, 0.2) is 0 Å². The molecule has 1 aliphatic heterocycles. The van der Waals surface area contributed by atoms with E-state index in [2.05, 4.69) is 15.1 Å². The Kier molecular flexibility index (Phi) is 6.03. The smallest absolute Gasteiger partial charge is 0.269 e. The molecule has 1 amide bonds. The predicted octanol–water partition coefficient (Wildman–Crippen LogP) is 2.84. The highest BCUT2D eigenvalue weighted by molar-refractivity contribution is 5.78. The number of hydrogen-bond donors (Lipinski definition) is 0. The molecule has 0 N–H and O–H groups in total. The monoisotopic (exact) mass is 421 g/mol. The third-order valence-electron chi connectivity index (χ3n) is 5.35. The summed E-state index contributed by atoms with van der Waals surface area (Å²) in [4.78, 5) is 26.9. The second kappa shape index (κ2) is 9.05. The third-order valence-corrected chi connectivity index (χ3v) is 5.35. The maximum Gasteiger partial charge on any atom is 0.269 e. The third kappa shape index (κ3) is 5.13. The van der Waals surface area contributed by atoms with E-state index in [0.29, 0.717) is 43.4 Å². The molecule has 4 rings (SSSR count). The molecular weight excluding hydrogens is 398 g/mol. The molecule has 1 aliphatic rings. The molecular formula is C22H23N5O4. The minimum absolute atomic E-state index is 0.0123. The fraction of sp³-hybridized carbons (Fsp3) is 0.318. The Morgan fingerprint density at radius 1 is 1.03 bits per heavy atom. The molecule has 0 atom stereocenters. The minimum atomic E-state index is -0.450. The maximum atomic E-state index is 12.6. The first-order valence-electron chi connectivity index (χ1n) is 10.1. The summed E-state index contributed by atoms with van der Waals surface area (Å²) in [6.45, 7) is 5.31. The number of nitro benzene ring substituents is 1. The second-order valence-corrected chi connectivity index (χ2v) is 7.62. The highest BCUT2D eigenvalue weighted by Crippen LogP contribution is 2.22. The average molecular weight is 421 g/mol. The minimum Gasteiger partial charge on any atom is -0.419 e. The highest BCUT2D eigenvalue weighted by Gasteiger charge is 2.22. The van der Waals surface area contributed by atoms with Crippen LogP contribution in [0.4, 0.5) is 5.69 Å². The zero-order valence-electron chi connectivity index (χ0n) is 17.2. The number of aryl methyl sites for hydroxylation is 1. The Hall–Kier alpha value is -3.59. The van der Waals surface area contributed by atoms with E-state index >= 15 is 0 Å². The summed E-state index contributed by atoms with van der Waals surface area (Å²) < 4.78 is 5.72. The van der Waals surface area contributed by atoms with Gasteiger partial charge in [0, 0.05) is 43.9 Å². The van der Waals surface area contributed by atoms with Gasteiger partial charge < -0.3 is 9.32 Å². The van der Waals surface area contributed by atoms with E-state index in [1.807, 2.05) is 36.1 Å². The first kappa shape index (κ1) is 20.7. The van der Waals surface area contributed by atoms with Gasteiger partial charge >= 0.3 is 0 Å². The molecule has 1 fully saturated rings. The van der Waals surface area contributed by atoms with Crippen molar-refractivity contribution in [3.8, 4) is 11.5 Å². The molecule has 1 aromatic heterocycles. The van der Waals surface area contributed by atoms with Crippen LogP contribution in [0.2, 0.25) is 0 Å². The van der Waals surface area contributed by atoms with E-state index in [0.717, 1.165) is 18.7 Å². The van der Waals surface area contributed by atoms with Crippen LogP contribution < -0.4 is 0 Å². The number of piperazine rings is 1. The molecule has 0 bridgehead atoms. The number of non-ortho nitro benzene ring substituents is 1. The Morgan fingerprint density at radius 3 is 2.35 bits per heavy atom. The molecule has 160 valence electrons. The number of rotatable bonds is 6. The van der Waals surface area contributed by atoms with E-state index in [4.69, 9.17) is 4.42 Å². The summed E-state index contributed by atoms with van der Waals surface area (Å²) in [5, 5.41) is 18.9. The lowest BCUT2D eigenvalue weighted by Crippen LogP contribution is -2.48. The van der Waals surface area contributed by atoms with Crippen LogP contribution in [-0.4, -0.2) is 57.0 Å². The summed E-state index contributed by atoms with van der Waals surface area (Å²) >= 11 is 0. The second-order valence-electron chi connectivity index (χ2n) is 7.62. The van der Waals surface area contributed by atoms with Gasteiger partial charge in [-0.2, -0.15) is 0 Å². The van der Waals surface area contributed by atoms with Gasteiger partial charge in [0.1, 0.15) is 0 Å². The van der Waals surface area contributed by atoms with Gasteiger partial charge in [0.25, 0.3) is 5.69 Å². The van der Waals surface area contributed by atoms with Crippen molar-refractivity contribution >= 4 is 11.6 Å². The Balaban J connectivity index is 1.28. The van der Waals surface area contributed by atoms with E-state index in [1.54, 1.807) is 12.1 Å².